The van der Waals surface area contributed by atoms with Crippen LogP contribution in [0, 0.1) is 0 Å². The van der Waals surface area contributed by atoms with Crippen LogP contribution in [0.1, 0.15) is 20.7 Å². The number of rotatable bonds is 7. The van der Waals surface area contributed by atoms with Gasteiger partial charge in [0.2, 0.25) is 0 Å². The van der Waals surface area contributed by atoms with E-state index in [-0.39, 0.29) is 22.0 Å². The normalized spacial score (nSPS) is 10.8. The topological polar surface area (TPSA) is 95.6 Å². The second-order valence-electron chi connectivity index (χ2n) is 6.58. The van der Waals surface area contributed by atoms with Crippen LogP contribution in [-0.4, -0.2) is 26.8 Å². The molecular weight excluding hydrogens is 450 g/mol. The van der Waals surface area contributed by atoms with Crippen molar-refractivity contribution in [1.29, 1.82) is 0 Å². The fourth-order valence-electron chi connectivity index (χ4n) is 2.86. The van der Waals surface area contributed by atoms with Crippen LogP contribution in [0.5, 0.6) is 0 Å². The summed E-state index contributed by atoms with van der Waals surface area (Å²) < 4.78 is 27.9. The van der Waals surface area contributed by atoms with E-state index in [1.54, 1.807) is 60.7 Å². The van der Waals surface area contributed by atoms with Gasteiger partial charge in [-0.15, -0.1) is 6.58 Å². The Kier molecular flexibility index (Phi) is 7.29. The number of nitrogens with zero attached hydrogens (tertiary/aromatic N) is 1. The minimum absolute atomic E-state index is 0.00618. The average molecular weight is 470 g/mol. The molecule has 0 aliphatic carbocycles. The molecule has 0 unspecified atom stereocenters. The number of hydrogen-bond donors (Lipinski definition) is 2. The zero-order chi connectivity index (χ0) is 23.1. The fraction of sp³-hybridized carbons (Fsp3) is 0.0435. The number of carbonyl (C=O) groups is 2. The van der Waals surface area contributed by atoms with Gasteiger partial charge in [-0.2, -0.15) is 0 Å². The number of halogens is 1. The van der Waals surface area contributed by atoms with Crippen LogP contribution in [0.15, 0.2) is 96.4 Å². The zero-order valence-electron chi connectivity index (χ0n) is 16.9. The molecule has 0 heterocycles. The molecule has 0 radical (unpaired) electrons. The van der Waals surface area contributed by atoms with Crippen molar-refractivity contribution in [3.05, 3.63) is 108 Å². The van der Waals surface area contributed by atoms with Gasteiger partial charge < -0.3 is 0 Å². The lowest BCUT2D eigenvalue weighted by atomic mass is 10.2. The number of anilines is 1. The third-order valence-electron chi connectivity index (χ3n) is 4.43. The summed E-state index contributed by atoms with van der Waals surface area (Å²) in [5.74, 6) is -1.21. The van der Waals surface area contributed by atoms with Crippen molar-refractivity contribution in [1.82, 2.24) is 10.9 Å². The van der Waals surface area contributed by atoms with Crippen molar-refractivity contribution >= 4 is 39.1 Å². The second kappa shape index (κ2) is 10.1. The van der Waals surface area contributed by atoms with Gasteiger partial charge in [0.05, 0.1) is 17.3 Å². The standard InChI is InChI=1S/C23H20ClN3O4S/c1-2-15-27(19-11-7-4-8-12-19)32(30,31)21-16-18(13-14-20(21)24)23(29)26-25-22(28)17-9-5-3-6-10-17/h2-14,16H,1,15H2,(H,25,28)(H,26,29). The molecule has 7 nitrogen and oxygen atoms in total. The molecule has 0 aliphatic rings. The Balaban J connectivity index is 1.86. The molecule has 0 saturated carbocycles. The van der Waals surface area contributed by atoms with E-state index in [1.165, 1.54) is 24.3 Å². The van der Waals surface area contributed by atoms with E-state index in [0.717, 1.165) is 4.31 Å². The Morgan fingerprint density at radius 1 is 0.875 bits per heavy atom. The monoisotopic (exact) mass is 469 g/mol. The summed E-state index contributed by atoms with van der Waals surface area (Å²) in [4.78, 5) is 24.4. The first-order chi connectivity index (χ1) is 15.3. The lowest BCUT2D eigenvalue weighted by Crippen LogP contribution is -2.41. The number of hydrogen-bond acceptors (Lipinski definition) is 4. The number of benzene rings is 3. The predicted octanol–water partition coefficient (Wildman–Crippen LogP) is 3.80. The van der Waals surface area contributed by atoms with Crippen molar-refractivity contribution in [2.45, 2.75) is 4.90 Å². The molecule has 9 heteroatoms. The smallest absolute Gasteiger partial charge is 0.267 e. The Bertz CT molecular complexity index is 1230. The lowest BCUT2D eigenvalue weighted by Gasteiger charge is -2.24. The molecule has 164 valence electrons. The van der Waals surface area contributed by atoms with Crippen molar-refractivity contribution in [3.8, 4) is 0 Å². The predicted molar refractivity (Wildman–Crippen MR) is 124 cm³/mol. The van der Waals surface area contributed by atoms with Crippen molar-refractivity contribution in [2.24, 2.45) is 0 Å². The summed E-state index contributed by atoms with van der Waals surface area (Å²) >= 11 is 6.19. The molecule has 2 N–H and O–H groups in total. The van der Waals surface area contributed by atoms with Gasteiger partial charge in [-0.1, -0.05) is 54.1 Å². The number of carbonyl (C=O) groups excluding carboxylic acids is 2. The van der Waals surface area contributed by atoms with Crippen LogP contribution in [-0.2, 0) is 10.0 Å². The molecule has 0 aliphatic heterocycles. The molecule has 3 rings (SSSR count). The van der Waals surface area contributed by atoms with Crippen LogP contribution in [0.2, 0.25) is 5.02 Å². The third-order valence-corrected chi connectivity index (χ3v) is 6.70. The summed E-state index contributed by atoms with van der Waals surface area (Å²) in [6.45, 7) is 3.63. The molecule has 2 amide bonds. The summed E-state index contributed by atoms with van der Waals surface area (Å²) in [5, 5.41) is -0.0418. The first kappa shape index (κ1) is 23.1. The fourth-order valence-corrected chi connectivity index (χ4v) is 4.80. The molecular formula is C23H20ClN3O4S. The quantitative estimate of drug-likeness (QED) is 0.406. The summed E-state index contributed by atoms with van der Waals surface area (Å²) in [6, 6.07) is 20.6. The first-order valence-corrected chi connectivity index (χ1v) is 11.3. The number of sulfonamides is 1. The van der Waals surface area contributed by atoms with Gasteiger partial charge in [0.15, 0.2) is 0 Å². The highest BCUT2D eigenvalue weighted by Crippen LogP contribution is 2.29. The van der Waals surface area contributed by atoms with E-state index in [2.05, 4.69) is 17.4 Å². The summed E-state index contributed by atoms with van der Waals surface area (Å²) in [5.41, 5.74) is 5.36. The Hall–Kier alpha value is -3.62. The van der Waals surface area contributed by atoms with Crippen LogP contribution in [0.3, 0.4) is 0 Å². The summed E-state index contributed by atoms with van der Waals surface area (Å²) in [6.07, 6.45) is 1.45. The minimum atomic E-state index is -4.11. The van der Waals surface area contributed by atoms with Gasteiger partial charge in [-0.25, -0.2) is 8.42 Å². The lowest BCUT2D eigenvalue weighted by molar-refractivity contribution is 0.0846. The molecule has 0 aromatic heterocycles. The maximum Gasteiger partial charge on any atom is 0.269 e. The molecule has 0 bridgehead atoms. The Morgan fingerprint density at radius 3 is 2.03 bits per heavy atom. The molecule has 3 aromatic rings. The molecule has 0 saturated heterocycles. The third kappa shape index (κ3) is 5.16. The van der Waals surface area contributed by atoms with Gasteiger partial charge >= 0.3 is 0 Å². The molecule has 0 atom stereocenters. The van der Waals surface area contributed by atoms with Crippen molar-refractivity contribution in [2.75, 3.05) is 10.8 Å². The van der Waals surface area contributed by atoms with Crippen molar-refractivity contribution < 1.29 is 18.0 Å². The number of amides is 2. The minimum Gasteiger partial charge on any atom is -0.267 e. The van der Waals surface area contributed by atoms with E-state index in [4.69, 9.17) is 11.6 Å². The maximum absolute atomic E-state index is 13.4. The number of nitrogens with one attached hydrogen (secondary N) is 2. The average Bonchev–Trinajstić information content (AvgIpc) is 2.82. The van der Waals surface area contributed by atoms with E-state index < -0.39 is 21.8 Å². The SMILES string of the molecule is C=CCN(c1ccccc1)S(=O)(=O)c1cc(C(=O)NNC(=O)c2ccccc2)ccc1Cl. The van der Waals surface area contributed by atoms with E-state index in [0.29, 0.717) is 11.3 Å². The Morgan fingerprint density at radius 2 is 1.44 bits per heavy atom. The maximum atomic E-state index is 13.4. The highest BCUT2D eigenvalue weighted by molar-refractivity contribution is 7.93. The zero-order valence-corrected chi connectivity index (χ0v) is 18.4. The number of hydrazine groups is 1. The Labute approximate surface area is 191 Å². The van der Waals surface area contributed by atoms with Crippen LogP contribution in [0.4, 0.5) is 5.69 Å². The molecule has 0 spiro atoms. The van der Waals surface area contributed by atoms with E-state index >= 15 is 0 Å². The van der Waals surface area contributed by atoms with E-state index in [9.17, 15) is 18.0 Å². The highest BCUT2D eigenvalue weighted by Gasteiger charge is 2.27. The van der Waals surface area contributed by atoms with E-state index in [1.807, 2.05) is 0 Å². The van der Waals surface area contributed by atoms with Gasteiger partial charge in [-0.3, -0.25) is 24.7 Å². The highest BCUT2D eigenvalue weighted by atomic mass is 35.5. The van der Waals surface area contributed by atoms with Crippen LogP contribution < -0.4 is 15.2 Å². The van der Waals surface area contributed by atoms with Gasteiger partial charge in [0, 0.05) is 11.1 Å². The molecule has 0 fully saturated rings. The van der Waals surface area contributed by atoms with Gasteiger partial charge in [0.25, 0.3) is 21.8 Å². The first-order valence-electron chi connectivity index (χ1n) is 9.48. The van der Waals surface area contributed by atoms with Crippen LogP contribution >= 0.6 is 11.6 Å². The molecule has 3 aromatic carbocycles. The number of para-hydroxylation sites is 1. The van der Waals surface area contributed by atoms with Crippen LogP contribution in [0.25, 0.3) is 0 Å². The summed E-state index contributed by atoms with van der Waals surface area (Å²) in [7, 11) is -4.11. The van der Waals surface area contributed by atoms with Gasteiger partial charge in [0.1, 0.15) is 4.90 Å². The molecule has 32 heavy (non-hydrogen) atoms. The van der Waals surface area contributed by atoms with Gasteiger partial charge in [-0.05, 0) is 42.5 Å². The van der Waals surface area contributed by atoms with Crippen molar-refractivity contribution in [3.63, 3.8) is 0 Å². The largest absolute Gasteiger partial charge is 0.269 e. The second-order valence-corrected chi connectivity index (χ2v) is 8.82.